The van der Waals surface area contributed by atoms with Crippen LogP contribution in [0.5, 0.6) is 0 Å². The van der Waals surface area contributed by atoms with Crippen LogP contribution < -0.4 is 10.2 Å². The van der Waals surface area contributed by atoms with E-state index in [1.54, 1.807) is 18.2 Å². The lowest BCUT2D eigenvalue weighted by molar-refractivity contribution is -0.122. The minimum Gasteiger partial charge on any atom is -0.316 e. The van der Waals surface area contributed by atoms with Crippen molar-refractivity contribution in [3.63, 3.8) is 0 Å². The molecule has 31 heavy (non-hydrogen) atoms. The maximum Gasteiger partial charge on any atom is 0.335 e. The Kier molecular flexibility index (Phi) is 5.39. The first-order valence-corrected chi connectivity index (χ1v) is 9.99. The Bertz CT molecular complexity index is 1270. The number of aryl methyl sites for hydroxylation is 1. The van der Waals surface area contributed by atoms with Crippen LogP contribution in [0.1, 0.15) is 17.0 Å². The summed E-state index contributed by atoms with van der Waals surface area (Å²) >= 11 is 12.5. The topological polar surface area (TPSA) is 84.3 Å². The van der Waals surface area contributed by atoms with Gasteiger partial charge in [0.2, 0.25) is 0 Å². The predicted octanol–water partition coefficient (Wildman–Crippen LogP) is 4.46. The summed E-state index contributed by atoms with van der Waals surface area (Å²) in [7, 11) is 0. The molecular formula is C22H16Cl2N4O3. The molecule has 7 nitrogen and oxygen atoms in total. The molecule has 3 aromatic rings. The Morgan fingerprint density at radius 1 is 1.00 bits per heavy atom. The molecule has 1 aromatic carbocycles. The van der Waals surface area contributed by atoms with Crippen LogP contribution in [0.2, 0.25) is 10.0 Å². The lowest BCUT2D eigenvalue weighted by atomic mass is 10.1. The molecule has 0 radical (unpaired) electrons. The van der Waals surface area contributed by atoms with Crippen molar-refractivity contribution in [1.82, 2.24) is 14.9 Å². The highest BCUT2D eigenvalue weighted by Gasteiger charge is 2.37. The number of hydrogen-bond acceptors (Lipinski definition) is 4. The third-order valence-electron chi connectivity index (χ3n) is 4.94. The van der Waals surface area contributed by atoms with Crippen molar-refractivity contribution >= 4 is 52.8 Å². The summed E-state index contributed by atoms with van der Waals surface area (Å²) < 4.78 is 1.89. The molecule has 0 atom stereocenters. The van der Waals surface area contributed by atoms with E-state index in [2.05, 4.69) is 10.3 Å². The Labute approximate surface area is 187 Å². The number of carbonyl (C=O) groups excluding carboxylic acids is 3. The monoisotopic (exact) mass is 454 g/mol. The minimum absolute atomic E-state index is 0.158. The van der Waals surface area contributed by atoms with Crippen LogP contribution in [0.15, 0.2) is 54.4 Å². The Balaban J connectivity index is 1.79. The number of halogens is 2. The van der Waals surface area contributed by atoms with Crippen molar-refractivity contribution in [1.29, 1.82) is 0 Å². The van der Waals surface area contributed by atoms with Crippen LogP contribution in [0.4, 0.5) is 10.5 Å². The summed E-state index contributed by atoms with van der Waals surface area (Å²) in [6.07, 6.45) is 4.38. The first-order valence-electron chi connectivity index (χ1n) is 9.24. The smallest absolute Gasteiger partial charge is 0.316 e. The van der Waals surface area contributed by atoms with E-state index in [9.17, 15) is 14.4 Å². The first kappa shape index (κ1) is 20.8. The van der Waals surface area contributed by atoms with Gasteiger partial charge in [-0.2, -0.15) is 0 Å². The molecule has 3 heterocycles. The molecule has 2 aromatic heterocycles. The first-order chi connectivity index (χ1) is 14.8. The lowest BCUT2D eigenvalue weighted by Gasteiger charge is -2.26. The largest absolute Gasteiger partial charge is 0.335 e. The second kappa shape index (κ2) is 8.02. The van der Waals surface area contributed by atoms with Gasteiger partial charge in [-0.25, -0.2) is 9.69 Å². The molecule has 1 aliphatic rings. The number of imide groups is 2. The number of anilines is 1. The molecular weight excluding hydrogens is 439 g/mol. The molecule has 156 valence electrons. The second-order valence-corrected chi connectivity index (χ2v) is 7.76. The maximum absolute atomic E-state index is 13.0. The average Bonchev–Trinajstić information content (AvgIpc) is 3.00. The van der Waals surface area contributed by atoms with Crippen LogP contribution in [0, 0.1) is 13.8 Å². The Morgan fingerprint density at radius 3 is 2.42 bits per heavy atom. The number of nitrogens with zero attached hydrogens (tertiary/aromatic N) is 3. The molecule has 0 aliphatic carbocycles. The number of benzene rings is 1. The van der Waals surface area contributed by atoms with Crippen molar-refractivity contribution in [2.24, 2.45) is 0 Å². The van der Waals surface area contributed by atoms with E-state index in [0.717, 1.165) is 16.3 Å². The fourth-order valence-electron chi connectivity index (χ4n) is 3.50. The van der Waals surface area contributed by atoms with Crippen molar-refractivity contribution in [2.45, 2.75) is 13.8 Å². The molecule has 0 saturated carbocycles. The number of pyridine rings is 1. The van der Waals surface area contributed by atoms with Crippen molar-refractivity contribution in [3.8, 4) is 5.69 Å². The van der Waals surface area contributed by atoms with Crippen LogP contribution in [0.25, 0.3) is 11.8 Å². The maximum atomic E-state index is 13.0. The quantitative estimate of drug-likeness (QED) is 0.467. The van der Waals surface area contributed by atoms with Gasteiger partial charge in [-0.15, -0.1) is 0 Å². The normalized spacial score (nSPS) is 15.5. The summed E-state index contributed by atoms with van der Waals surface area (Å²) in [6.45, 7) is 3.72. The molecule has 0 bridgehead atoms. The van der Waals surface area contributed by atoms with Gasteiger partial charge in [0, 0.05) is 28.8 Å². The number of carbonyl (C=O) groups is 3. The van der Waals surface area contributed by atoms with Gasteiger partial charge in [-0.05, 0) is 61.9 Å². The third-order valence-corrected chi connectivity index (χ3v) is 5.50. The summed E-state index contributed by atoms with van der Waals surface area (Å²) in [5.41, 5.74) is 3.06. The van der Waals surface area contributed by atoms with E-state index in [-0.39, 0.29) is 5.57 Å². The third kappa shape index (κ3) is 3.73. The van der Waals surface area contributed by atoms with Gasteiger partial charge in [-0.1, -0.05) is 23.2 Å². The summed E-state index contributed by atoms with van der Waals surface area (Å²) in [5, 5.41) is 3.24. The molecule has 4 rings (SSSR count). The van der Waals surface area contributed by atoms with Crippen molar-refractivity contribution < 1.29 is 14.4 Å². The van der Waals surface area contributed by atoms with Crippen LogP contribution in [0.3, 0.4) is 0 Å². The van der Waals surface area contributed by atoms with E-state index >= 15 is 0 Å². The highest BCUT2D eigenvalue weighted by atomic mass is 35.5. The zero-order chi connectivity index (χ0) is 22.3. The van der Waals surface area contributed by atoms with Gasteiger partial charge in [-0.3, -0.25) is 19.9 Å². The average molecular weight is 455 g/mol. The van der Waals surface area contributed by atoms with Gasteiger partial charge in [0.1, 0.15) is 5.57 Å². The molecule has 0 unspecified atom stereocenters. The molecule has 1 saturated heterocycles. The van der Waals surface area contributed by atoms with E-state index in [0.29, 0.717) is 27.0 Å². The molecule has 4 amide bonds. The Hall–Kier alpha value is -3.42. The lowest BCUT2D eigenvalue weighted by Crippen LogP contribution is -2.54. The molecule has 1 N–H and O–H groups in total. The van der Waals surface area contributed by atoms with Gasteiger partial charge < -0.3 is 4.57 Å². The Morgan fingerprint density at radius 2 is 1.71 bits per heavy atom. The molecule has 1 aliphatic heterocycles. The summed E-state index contributed by atoms with van der Waals surface area (Å²) in [6, 6.07) is 9.17. The van der Waals surface area contributed by atoms with Crippen molar-refractivity contribution in [2.75, 3.05) is 4.90 Å². The standard InChI is InChI=1S/C22H16Cl2N4O3/c1-12-9-14(13(2)27(12)19-11-15(23)3-4-18(19)24)10-17-20(29)26-22(31)28(21(17)30)16-5-7-25-8-6-16/h3-11H,1-2H3,(H,26,29,31)/b17-10+. The number of nitrogens with one attached hydrogen (secondary N) is 1. The molecule has 9 heteroatoms. The number of aromatic nitrogens is 2. The molecule has 0 spiro atoms. The number of urea groups is 1. The second-order valence-electron chi connectivity index (χ2n) is 6.92. The number of amides is 4. The summed E-state index contributed by atoms with van der Waals surface area (Å²) in [5.74, 6) is -1.48. The van der Waals surface area contributed by atoms with Crippen molar-refractivity contribution in [3.05, 3.63) is 81.4 Å². The van der Waals surface area contributed by atoms with Crippen LogP contribution in [-0.4, -0.2) is 27.4 Å². The summed E-state index contributed by atoms with van der Waals surface area (Å²) in [4.78, 5) is 42.6. The number of barbiturate groups is 1. The van der Waals surface area contributed by atoms with Gasteiger partial charge >= 0.3 is 6.03 Å². The predicted molar refractivity (Wildman–Crippen MR) is 119 cm³/mol. The molecule has 1 fully saturated rings. The van der Waals surface area contributed by atoms with Gasteiger partial charge in [0.15, 0.2) is 0 Å². The number of hydrogen-bond donors (Lipinski definition) is 1. The van der Waals surface area contributed by atoms with Crippen LogP contribution in [-0.2, 0) is 9.59 Å². The fourth-order valence-corrected chi connectivity index (χ4v) is 3.87. The van der Waals surface area contributed by atoms with E-state index < -0.39 is 17.8 Å². The highest BCUT2D eigenvalue weighted by molar-refractivity contribution is 6.39. The highest BCUT2D eigenvalue weighted by Crippen LogP contribution is 2.30. The van der Waals surface area contributed by atoms with E-state index in [4.69, 9.17) is 23.2 Å². The van der Waals surface area contributed by atoms with Gasteiger partial charge in [0.25, 0.3) is 11.8 Å². The van der Waals surface area contributed by atoms with Crippen LogP contribution >= 0.6 is 23.2 Å². The number of rotatable bonds is 3. The SMILES string of the molecule is Cc1cc(/C=C2\C(=O)NC(=O)N(c3ccncc3)C2=O)c(C)n1-c1cc(Cl)ccc1Cl. The van der Waals surface area contributed by atoms with E-state index in [1.165, 1.54) is 30.6 Å². The van der Waals surface area contributed by atoms with E-state index in [1.807, 2.05) is 24.5 Å². The zero-order valence-corrected chi connectivity index (χ0v) is 18.0. The zero-order valence-electron chi connectivity index (χ0n) is 16.5. The van der Waals surface area contributed by atoms with Gasteiger partial charge in [0.05, 0.1) is 16.4 Å². The fraction of sp³-hybridized carbons (Fsp3) is 0.0909. The minimum atomic E-state index is -0.811.